The van der Waals surface area contributed by atoms with Gasteiger partial charge in [-0.05, 0) is 12.3 Å². The molecule has 0 aromatic carbocycles. The predicted molar refractivity (Wildman–Crippen MR) is 37.7 cm³/mol. The Morgan fingerprint density at radius 3 is 2.78 bits per heavy atom. The summed E-state index contributed by atoms with van der Waals surface area (Å²) in [6, 6.07) is 0. The Morgan fingerprint density at radius 1 is 1.67 bits per heavy atom. The van der Waals surface area contributed by atoms with Gasteiger partial charge in [-0.3, -0.25) is 4.79 Å². The molecular weight excluding hydrogens is 136 g/mol. The lowest BCUT2D eigenvalue weighted by molar-refractivity contribution is -0.120. The average Bonchev–Trinajstić information content (AvgIpc) is 1.80. The summed E-state index contributed by atoms with van der Waals surface area (Å²) in [7, 11) is 0. The van der Waals surface area contributed by atoms with E-state index in [0.717, 1.165) is 12.8 Å². The van der Waals surface area contributed by atoms with E-state index < -0.39 is 0 Å². The van der Waals surface area contributed by atoms with Crippen molar-refractivity contribution in [3.63, 3.8) is 0 Å². The van der Waals surface area contributed by atoms with Gasteiger partial charge in [0.1, 0.15) is 5.78 Å². The van der Waals surface area contributed by atoms with E-state index in [1.807, 2.05) is 0 Å². The van der Waals surface area contributed by atoms with E-state index in [0.29, 0.717) is 18.1 Å². The summed E-state index contributed by atoms with van der Waals surface area (Å²) in [4.78, 5) is 10.7. The SMILES string of the molecule is C[C@H]1CCC(=O)C[C@@H]1Cl. The predicted octanol–water partition coefficient (Wildman–Crippen LogP) is 1.98. The number of ketones is 1. The van der Waals surface area contributed by atoms with Crippen molar-refractivity contribution in [2.75, 3.05) is 0 Å². The molecule has 0 saturated heterocycles. The van der Waals surface area contributed by atoms with Gasteiger partial charge in [0.05, 0.1) is 0 Å². The van der Waals surface area contributed by atoms with E-state index in [1.54, 1.807) is 0 Å². The third kappa shape index (κ3) is 1.68. The minimum Gasteiger partial charge on any atom is -0.300 e. The van der Waals surface area contributed by atoms with E-state index in [9.17, 15) is 4.79 Å². The van der Waals surface area contributed by atoms with E-state index >= 15 is 0 Å². The second-order valence-electron chi connectivity index (χ2n) is 2.77. The van der Waals surface area contributed by atoms with Crippen LogP contribution in [-0.2, 0) is 4.79 Å². The second-order valence-corrected chi connectivity index (χ2v) is 3.34. The van der Waals surface area contributed by atoms with Crippen molar-refractivity contribution < 1.29 is 4.79 Å². The van der Waals surface area contributed by atoms with Crippen molar-refractivity contribution in [1.82, 2.24) is 0 Å². The molecule has 1 rings (SSSR count). The van der Waals surface area contributed by atoms with Crippen LogP contribution < -0.4 is 0 Å². The molecule has 0 aliphatic heterocycles. The van der Waals surface area contributed by atoms with Crippen molar-refractivity contribution in [3.05, 3.63) is 0 Å². The Hall–Kier alpha value is -0.0400. The summed E-state index contributed by atoms with van der Waals surface area (Å²) in [5.74, 6) is 0.859. The summed E-state index contributed by atoms with van der Waals surface area (Å²) in [5, 5.41) is 0.103. The van der Waals surface area contributed by atoms with Crippen LogP contribution in [0.15, 0.2) is 0 Å². The Balaban J connectivity index is 2.44. The normalized spacial score (nSPS) is 36.9. The summed E-state index contributed by atoms with van der Waals surface area (Å²) >= 11 is 5.84. The zero-order valence-corrected chi connectivity index (χ0v) is 6.32. The van der Waals surface area contributed by atoms with E-state index in [-0.39, 0.29) is 5.38 Å². The van der Waals surface area contributed by atoms with Gasteiger partial charge in [-0.25, -0.2) is 0 Å². The van der Waals surface area contributed by atoms with Crippen molar-refractivity contribution in [1.29, 1.82) is 0 Å². The van der Waals surface area contributed by atoms with Crippen LogP contribution in [0.25, 0.3) is 0 Å². The Bertz CT molecular complexity index is 122. The van der Waals surface area contributed by atoms with Crippen LogP contribution in [0.5, 0.6) is 0 Å². The van der Waals surface area contributed by atoms with Gasteiger partial charge in [0.2, 0.25) is 0 Å². The van der Waals surface area contributed by atoms with Crippen LogP contribution in [0.1, 0.15) is 26.2 Å². The van der Waals surface area contributed by atoms with Gasteiger partial charge in [-0.2, -0.15) is 0 Å². The topological polar surface area (TPSA) is 17.1 Å². The van der Waals surface area contributed by atoms with Gasteiger partial charge in [0, 0.05) is 18.2 Å². The van der Waals surface area contributed by atoms with Crippen molar-refractivity contribution in [2.24, 2.45) is 5.92 Å². The minimum absolute atomic E-state index is 0.103. The van der Waals surface area contributed by atoms with Gasteiger partial charge >= 0.3 is 0 Å². The molecule has 0 aromatic rings. The molecule has 1 aliphatic rings. The fourth-order valence-corrected chi connectivity index (χ4v) is 1.39. The molecule has 0 unspecified atom stereocenters. The van der Waals surface area contributed by atoms with E-state index in [4.69, 9.17) is 11.6 Å². The number of rotatable bonds is 0. The maximum Gasteiger partial charge on any atom is 0.134 e. The molecule has 0 aromatic heterocycles. The number of carbonyl (C=O) groups is 1. The van der Waals surface area contributed by atoms with Crippen molar-refractivity contribution in [2.45, 2.75) is 31.6 Å². The number of hydrogen-bond donors (Lipinski definition) is 0. The number of Topliss-reactive ketones (excluding diaryl/α,β-unsaturated/α-hetero) is 1. The molecule has 0 N–H and O–H groups in total. The van der Waals surface area contributed by atoms with Crippen molar-refractivity contribution in [3.8, 4) is 0 Å². The van der Waals surface area contributed by atoms with Crippen LogP contribution in [-0.4, -0.2) is 11.2 Å². The molecule has 9 heavy (non-hydrogen) atoms. The first-order valence-electron chi connectivity index (χ1n) is 3.36. The Kier molecular flexibility index (Phi) is 2.12. The first-order valence-corrected chi connectivity index (χ1v) is 3.79. The third-order valence-electron chi connectivity index (χ3n) is 1.92. The highest BCUT2D eigenvalue weighted by molar-refractivity contribution is 6.22. The van der Waals surface area contributed by atoms with Gasteiger partial charge in [-0.1, -0.05) is 6.92 Å². The molecule has 0 radical (unpaired) electrons. The molecule has 0 heterocycles. The Labute approximate surface area is 60.4 Å². The zero-order chi connectivity index (χ0) is 6.85. The molecule has 0 spiro atoms. The fourth-order valence-electron chi connectivity index (χ4n) is 1.09. The molecule has 1 aliphatic carbocycles. The van der Waals surface area contributed by atoms with Gasteiger partial charge in [0.25, 0.3) is 0 Å². The lowest BCUT2D eigenvalue weighted by atomic mass is 9.89. The molecule has 1 saturated carbocycles. The van der Waals surface area contributed by atoms with Gasteiger partial charge in [0.15, 0.2) is 0 Å². The first kappa shape index (κ1) is 7.07. The van der Waals surface area contributed by atoms with E-state index in [2.05, 4.69) is 6.92 Å². The maximum atomic E-state index is 10.7. The molecule has 2 atom stereocenters. The maximum absolute atomic E-state index is 10.7. The molecular formula is C7H11ClO. The van der Waals surface area contributed by atoms with Crippen LogP contribution in [0.2, 0.25) is 0 Å². The van der Waals surface area contributed by atoms with Crippen LogP contribution in [0, 0.1) is 5.92 Å². The highest BCUT2D eigenvalue weighted by Gasteiger charge is 2.23. The summed E-state index contributed by atoms with van der Waals surface area (Å²) in [6.07, 6.45) is 2.31. The molecule has 1 fully saturated rings. The summed E-state index contributed by atoms with van der Waals surface area (Å²) in [5.41, 5.74) is 0. The van der Waals surface area contributed by atoms with Crippen molar-refractivity contribution >= 4 is 17.4 Å². The second kappa shape index (κ2) is 2.70. The quantitative estimate of drug-likeness (QED) is 0.478. The fraction of sp³-hybridized carbons (Fsp3) is 0.857. The highest BCUT2D eigenvalue weighted by Crippen LogP contribution is 2.25. The molecule has 52 valence electrons. The summed E-state index contributed by atoms with van der Waals surface area (Å²) < 4.78 is 0. The number of hydrogen-bond acceptors (Lipinski definition) is 1. The smallest absolute Gasteiger partial charge is 0.134 e. The number of halogens is 1. The molecule has 1 nitrogen and oxygen atoms in total. The molecule has 2 heteroatoms. The largest absolute Gasteiger partial charge is 0.300 e. The highest BCUT2D eigenvalue weighted by atomic mass is 35.5. The molecule has 0 amide bonds. The minimum atomic E-state index is 0.103. The third-order valence-corrected chi connectivity index (χ3v) is 2.50. The number of carbonyl (C=O) groups excluding carboxylic acids is 1. The lowest BCUT2D eigenvalue weighted by Gasteiger charge is -2.21. The zero-order valence-electron chi connectivity index (χ0n) is 5.56. The van der Waals surface area contributed by atoms with Crippen LogP contribution >= 0.6 is 11.6 Å². The first-order chi connectivity index (χ1) is 4.20. The number of alkyl halides is 1. The van der Waals surface area contributed by atoms with Crippen LogP contribution in [0.3, 0.4) is 0 Å². The molecule has 0 bridgehead atoms. The van der Waals surface area contributed by atoms with E-state index in [1.165, 1.54) is 0 Å². The summed E-state index contributed by atoms with van der Waals surface area (Å²) in [6.45, 7) is 2.10. The van der Waals surface area contributed by atoms with Gasteiger partial charge < -0.3 is 0 Å². The Morgan fingerprint density at radius 2 is 2.33 bits per heavy atom. The monoisotopic (exact) mass is 146 g/mol. The lowest BCUT2D eigenvalue weighted by Crippen LogP contribution is -2.22. The van der Waals surface area contributed by atoms with Crippen LogP contribution in [0.4, 0.5) is 0 Å². The van der Waals surface area contributed by atoms with Gasteiger partial charge in [-0.15, -0.1) is 11.6 Å². The average molecular weight is 147 g/mol. The standard InChI is InChI=1S/C7H11ClO/c1-5-2-3-6(9)4-7(5)8/h5,7H,2-4H2,1H3/t5-,7-/m0/s1.